The van der Waals surface area contributed by atoms with Crippen LogP contribution in [0.15, 0.2) is 36.4 Å². The zero-order valence-corrected chi connectivity index (χ0v) is 11.0. The van der Waals surface area contributed by atoms with Gasteiger partial charge in [0, 0.05) is 23.0 Å². The molecular weight excluding hydrogens is 256 g/mol. The molecule has 0 atom stereocenters. The second kappa shape index (κ2) is 4.77. The molecule has 0 spiro atoms. The Balaban J connectivity index is 1.84. The van der Waals surface area contributed by atoms with Gasteiger partial charge in [-0.05, 0) is 36.8 Å². The smallest absolute Gasteiger partial charge is 0.256 e. The number of hydrogen-bond acceptors (Lipinski definition) is 4. The Morgan fingerprint density at radius 2 is 2.00 bits per heavy atom. The molecule has 0 radical (unpaired) electrons. The predicted octanol–water partition coefficient (Wildman–Crippen LogP) is 2.56. The zero-order valence-electron chi connectivity index (χ0n) is 11.0. The number of nitrogens with two attached hydrogens (primary N) is 1. The maximum atomic E-state index is 12.2. The molecule has 2 aromatic rings. The number of amides is 1. The highest BCUT2D eigenvalue weighted by Crippen LogP contribution is 2.34. The first-order chi connectivity index (χ1) is 9.65. The third kappa shape index (κ3) is 2.14. The van der Waals surface area contributed by atoms with E-state index in [9.17, 15) is 4.79 Å². The highest BCUT2D eigenvalue weighted by molar-refractivity contribution is 6.06. The van der Waals surface area contributed by atoms with Crippen LogP contribution < -0.4 is 20.5 Å². The van der Waals surface area contributed by atoms with Gasteiger partial charge in [-0.1, -0.05) is 6.07 Å². The highest BCUT2D eigenvalue weighted by Gasteiger charge is 2.15. The van der Waals surface area contributed by atoms with Gasteiger partial charge in [-0.2, -0.15) is 0 Å². The van der Waals surface area contributed by atoms with Gasteiger partial charge in [0.25, 0.3) is 5.91 Å². The average Bonchev–Trinajstić information content (AvgIpc) is 2.89. The van der Waals surface area contributed by atoms with Crippen LogP contribution in [0, 0.1) is 6.92 Å². The third-order valence-electron chi connectivity index (χ3n) is 3.25. The van der Waals surface area contributed by atoms with Gasteiger partial charge >= 0.3 is 0 Å². The molecule has 1 heterocycles. The minimum absolute atomic E-state index is 0.200. The molecular formula is C15H14N2O3. The topological polar surface area (TPSA) is 73.6 Å². The molecule has 2 aromatic carbocycles. The van der Waals surface area contributed by atoms with Crippen LogP contribution in [0.1, 0.15) is 15.9 Å². The maximum Gasteiger partial charge on any atom is 0.256 e. The van der Waals surface area contributed by atoms with Crippen molar-refractivity contribution in [3.8, 4) is 11.5 Å². The fourth-order valence-corrected chi connectivity index (χ4v) is 2.07. The van der Waals surface area contributed by atoms with E-state index in [-0.39, 0.29) is 12.7 Å². The zero-order chi connectivity index (χ0) is 14.1. The summed E-state index contributed by atoms with van der Waals surface area (Å²) in [5.41, 5.74) is 8.39. The number of ether oxygens (including phenoxy) is 2. The Hall–Kier alpha value is -2.69. The van der Waals surface area contributed by atoms with Gasteiger partial charge in [-0.15, -0.1) is 0 Å². The Morgan fingerprint density at radius 3 is 2.85 bits per heavy atom. The van der Waals surface area contributed by atoms with Crippen LogP contribution in [0.5, 0.6) is 11.5 Å². The van der Waals surface area contributed by atoms with E-state index >= 15 is 0 Å². The lowest BCUT2D eigenvalue weighted by atomic mass is 10.1. The van der Waals surface area contributed by atoms with Gasteiger partial charge in [-0.3, -0.25) is 4.79 Å². The molecule has 3 N–H and O–H groups in total. The van der Waals surface area contributed by atoms with Crippen molar-refractivity contribution in [2.45, 2.75) is 6.92 Å². The average molecular weight is 270 g/mol. The molecule has 5 heteroatoms. The molecule has 1 aliphatic rings. The first kappa shape index (κ1) is 12.3. The summed E-state index contributed by atoms with van der Waals surface area (Å²) in [6, 6.07) is 10.6. The molecule has 3 rings (SSSR count). The molecule has 20 heavy (non-hydrogen) atoms. The Kier molecular flexibility index (Phi) is 2.95. The van der Waals surface area contributed by atoms with Crippen LogP contribution in [-0.2, 0) is 0 Å². The minimum Gasteiger partial charge on any atom is -0.454 e. The van der Waals surface area contributed by atoms with Crippen LogP contribution in [-0.4, -0.2) is 12.7 Å². The summed E-state index contributed by atoms with van der Waals surface area (Å²) in [5.74, 6) is 1.11. The summed E-state index contributed by atoms with van der Waals surface area (Å²) in [7, 11) is 0. The van der Waals surface area contributed by atoms with Gasteiger partial charge in [-0.25, -0.2) is 0 Å². The molecule has 0 aromatic heterocycles. The maximum absolute atomic E-state index is 12.2. The fraction of sp³-hybridized carbons (Fsp3) is 0.133. The fourth-order valence-electron chi connectivity index (χ4n) is 2.07. The van der Waals surface area contributed by atoms with E-state index in [0.29, 0.717) is 28.4 Å². The molecule has 0 saturated heterocycles. The van der Waals surface area contributed by atoms with E-state index in [1.807, 2.05) is 6.92 Å². The molecule has 1 aliphatic heterocycles. The number of benzene rings is 2. The standard InChI is InChI=1S/C15H14N2O3/c1-9-11(3-2-4-12(9)16)15(18)17-10-5-6-13-14(7-10)20-8-19-13/h2-7H,8,16H2,1H3,(H,17,18). The summed E-state index contributed by atoms with van der Waals surface area (Å²) in [5, 5.41) is 2.83. The minimum atomic E-state index is -0.200. The molecule has 1 amide bonds. The lowest BCUT2D eigenvalue weighted by Crippen LogP contribution is -2.14. The van der Waals surface area contributed by atoms with Gasteiger partial charge in [0.15, 0.2) is 11.5 Å². The molecule has 0 bridgehead atoms. The van der Waals surface area contributed by atoms with E-state index in [1.165, 1.54) is 0 Å². The van der Waals surface area contributed by atoms with E-state index in [1.54, 1.807) is 36.4 Å². The Morgan fingerprint density at radius 1 is 1.20 bits per heavy atom. The number of rotatable bonds is 2. The van der Waals surface area contributed by atoms with Gasteiger partial charge in [0.1, 0.15) is 0 Å². The second-order valence-corrected chi connectivity index (χ2v) is 4.54. The largest absolute Gasteiger partial charge is 0.454 e. The van der Waals surface area contributed by atoms with Crippen LogP contribution in [0.3, 0.4) is 0 Å². The molecule has 0 saturated carbocycles. The Bertz CT molecular complexity index is 683. The summed E-state index contributed by atoms with van der Waals surface area (Å²) in [4.78, 5) is 12.2. The molecule has 0 unspecified atom stereocenters. The van der Waals surface area contributed by atoms with Gasteiger partial charge in [0.05, 0.1) is 0 Å². The van der Waals surface area contributed by atoms with Crippen molar-refractivity contribution in [1.82, 2.24) is 0 Å². The molecule has 102 valence electrons. The van der Waals surface area contributed by atoms with Crippen molar-refractivity contribution in [2.75, 3.05) is 17.8 Å². The van der Waals surface area contributed by atoms with Crippen molar-refractivity contribution in [1.29, 1.82) is 0 Å². The monoisotopic (exact) mass is 270 g/mol. The number of carbonyl (C=O) groups is 1. The van der Waals surface area contributed by atoms with Gasteiger partial charge in [0.2, 0.25) is 6.79 Å². The van der Waals surface area contributed by atoms with E-state index in [4.69, 9.17) is 15.2 Å². The van der Waals surface area contributed by atoms with Gasteiger partial charge < -0.3 is 20.5 Å². The lowest BCUT2D eigenvalue weighted by molar-refractivity contribution is 0.102. The van der Waals surface area contributed by atoms with Crippen LogP contribution >= 0.6 is 0 Å². The number of hydrogen-bond donors (Lipinski definition) is 2. The van der Waals surface area contributed by atoms with Crippen molar-refractivity contribution >= 4 is 17.3 Å². The number of carbonyl (C=O) groups excluding carboxylic acids is 1. The second-order valence-electron chi connectivity index (χ2n) is 4.54. The first-order valence-electron chi connectivity index (χ1n) is 6.21. The van der Waals surface area contributed by atoms with E-state index < -0.39 is 0 Å². The van der Waals surface area contributed by atoms with Crippen molar-refractivity contribution < 1.29 is 14.3 Å². The van der Waals surface area contributed by atoms with E-state index in [2.05, 4.69) is 5.32 Å². The SMILES string of the molecule is Cc1c(N)cccc1C(=O)Nc1ccc2c(c1)OCO2. The summed E-state index contributed by atoms with van der Waals surface area (Å²) in [6.45, 7) is 2.03. The molecule has 5 nitrogen and oxygen atoms in total. The number of fused-ring (bicyclic) bond motifs is 1. The summed E-state index contributed by atoms with van der Waals surface area (Å²) in [6.07, 6.45) is 0. The number of nitrogens with one attached hydrogen (secondary N) is 1. The summed E-state index contributed by atoms with van der Waals surface area (Å²) >= 11 is 0. The predicted molar refractivity (Wildman–Crippen MR) is 76.1 cm³/mol. The summed E-state index contributed by atoms with van der Waals surface area (Å²) < 4.78 is 10.5. The third-order valence-corrected chi connectivity index (χ3v) is 3.25. The van der Waals surface area contributed by atoms with Crippen LogP contribution in [0.2, 0.25) is 0 Å². The van der Waals surface area contributed by atoms with Crippen molar-refractivity contribution in [2.24, 2.45) is 0 Å². The van der Waals surface area contributed by atoms with Crippen LogP contribution in [0.4, 0.5) is 11.4 Å². The molecule has 0 aliphatic carbocycles. The Labute approximate surface area is 116 Å². The van der Waals surface area contributed by atoms with Crippen LogP contribution in [0.25, 0.3) is 0 Å². The van der Waals surface area contributed by atoms with E-state index in [0.717, 1.165) is 5.56 Å². The quantitative estimate of drug-likeness (QED) is 0.822. The number of nitrogen functional groups attached to an aromatic ring is 1. The molecule has 0 fully saturated rings. The van der Waals surface area contributed by atoms with Crippen molar-refractivity contribution in [3.05, 3.63) is 47.5 Å². The number of anilines is 2. The first-order valence-corrected chi connectivity index (χ1v) is 6.21. The lowest BCUT2D eigenvalue weighted by Gasteiger charge is -2.09. The normalized spacial score (nSPS) is 12.2. The van der Waals surface area contributed by atoms with Crippen molar-refractivity contribution in [3.63, 3.8) is 0 Å². The highest BCUT2D eigenvalue weighted by atomic mass is 16.7.